The van der Waals surface area contributed by atoms with Crippen molar-refractivity contribution in [2.75, 3.05) is 26.2 Å². The average molecular weight is 437 g/mol. The van der Waals surface area contributed by atoms with Crippen LogP contribution in [0.1, 0.15) is 23.5 Å². The van der Waals surface area contributed by atoms with Crippen molar-refractivity contribution >= 4 is 21.6 Å². The summed E-state index contributed by atoms with van der Waals surface area (Å²) in [6, 6.07) is 4.17. The summed E-state index contributed by atoms with van der Waals surface area (Å²) < 4.78 is 66.8. The Balaban J connectivity index is 1.72. The van der Waals surface area contributed by atoms with E-state index in [4.69, 9.17) is 11.6 Å². The molecule has 0 amide bonds. The van der Waals surface area contributed by atoms with Crippen molar-refractivity contribution in [3.63, 3.8) is 0 Å². The molecule has 3 rings (SSSR count). The zero-order chi connectivity index (χ0) is 20.6. The molecule has 0 aliphatic carbocycles. The van der Waals surface area contributed by atoms with Crippen LogP contribution in [-0.4, -0.2) is 53.6 Å². The van der Waals surface area contributed by atoms with Crippen LogP contribution in [0.25, 0.3) is 0 Å². The van der Waals surface area contributed by atoms with Gasteiger partial charge in [0.1, 0.15) is 10.7 Å². The van der Waals surface area contributed by atoms with Crippen LogP contribution in [0.3, 0.4) is 0 Å². The van der Waals surface area contributed by atoms with Crippen molar-refractivity contribution in [1.82, 2.24) is 19.0 Å². The van der Waals surface area contributed by atoms with Crippen molar-refractivity contribution in [3.8, 4) is 0 Å². The standard InChI is InChI=1S/C17H20ClF3N4O2S/c1-11-16(12(2)25(22-11)17(20)21)28(26,27)24-7-5-23(6-8-24)10-13-3-4-14(19)9-15(13)18/h3-4,9,17H,5-8,10H2,1-2H3. The van der Waals surface area contributed by atoms with Gasteiger partial charge in [-0.3, -0.25) is 4.90 Å². The van der Waals surface area contributed by atoms with Gasteiger partial charge in [0.2, 0.25) is 10.0 Å². The molecule has 1 fully saturated rings. The molecule has 1 aliphatic heterocycles. The van der Waals surface area contributed by atoms with Gasteiger partial charge in [-0.1, -0.05) is 17.7 Å². The molecule has 11 heteroatoms. The van der Waals surface area contributed by atoms with Crippen molar-refractivity contribution in [3.05, 3.63) is 46.0 Å². The monoisotopic (exact) mass is 436 g/mol. The molecular weight excluding hydrogens is 417 g/mol. The summed E-state index contributed by atoms with van der Waals surface area (Å²) in [5.74, 6) is -0.417. The third-order valence-corrected chi connectivity index (χ3v) is 7.29. The number of benzene rings is 1. The Labute approximate surface area is 166 Å². The molecule has 2 heterocycles. The Morgan fingerprint density at radius 3 is 2.36 bits per heavy atom. The molecule has 0 radical (unpaired) electrons. The van der Waals surface area contributed by atoms with Crippen molar-refractivity contribution in [2.24, 2.45) is 0 Å². The van der Waals surface area contributed by atoms with Crippen LogP contribution >= 0.6 is 11.6 Å². The van der Waals surface area contributed by atoms with Gasteiger partial charge in [-0.2, -0.15) is 18.2 Å². The zero-order valence-corrected chi connectivity index (χ0v) is 16.9. The van der Waals surface area contributed by atoms with E-state index in [0.29, 0.717) is 29.3 Å². The van der Waals surface area contributed by atoms with Crippen molar-refractivity contribution in [1.29, 1.82) is 0 Å². The topological polar surface area (TPSA) is 58.4 Å². The van der Waals surface area contributed by atoms with Crippen molar-refractivity contribution < 1.29 is 21.6 Å². The van der Waals surface area contributed by atoms with E-state index in [1.165, 1.54) is 30.3 Å². The number of hydrogen-bond donors (Lipinski definition) is 0. The molecule has 154 valence electrons. The van der Waals surface area contributed by atoms with Crippen LogP contribution < -0.4 is 0 Å². The Kier molecular flexibility index (Phi) is 6.04. The summed E-state index contributed by atoms with van der Waals surface area (Å²) in [5, 5.41) is 3.98. The molecule has 0 unspecified atom stereocenters. The van der Waals surface area contributed by atoms with Crippen LogP contribution in [-0.2, 0) is 16.6 Å². The number of nitrogens with zero attached hydrogens (tertiary/aromatic N) is 4. The summed E-state index contributed by atoms with van der Waals surface area (Å²) in [6.45, 7) is 1.59. The fourth-order valence-electron chi connectivity index (χ4n) is 3.36. The number of sulfonamides is 1. The summed E-state index contributed by atoms with van der Waals surface area (Å²) in [4.78, 5) is 1.84. The first-order valence-electron chi connectivity index (χ1n) is 8.61. The number of halogens is 4. The predicted octanol–water partition coefficient (Wildman–Crippen LogP) is 3.19. The van der Waals surface area contributed by atoms with Crippen LogP contribution in [0.4, 0.5) is 13.2 Å². The highest BCUT2D eigenvalue weighted by molar-refractivity contribution is 7.89. The lowest BCUT2D eigenvalue weighted by molar-refractivity contribution is 0.0538. The minimum absolute atomic E-state index is 0.0540. The third-order valence-electron chi connectivity index (χ3n) is 4.78. The lowest BCUT2D eigenvalue weighted by Gasteiger charge is -2.34. The molecule has 1 aromatic heterocycles. The van der Waals surface area contributed by atoms with Gasteiger partial charge < -0.3 is 0 Å². The van der Waals surface area contributed by atoms with E-state index in [0.717, 1.165) is 5.56 Å². The van der Waals surface area contributed by atoms with Gasteiger partial charge in [-0.25, -0.2) is 17.5 Å². The number of piperazine rings is 1. The first kappa shape index (κ1) is 21.1. The predicted molar refractivity (Wildman–Crippen MR) is 98.4 cm³/mol. The molecule has 0 N–H and O–H groups in total. The maximum atomic E-state index is 13.2. The minimum atomic E-state index is -3.93. The van der Waals surface area contributed by atoms with E-state index in [9.17, 15) is 21.6 Å². The SMILES string of the molecule is Cc1nn(C(F)F)c(C)c1S(=O)(=O)N1CCN(Cc2ccc(F)cc2Cl)CC1. The molecule has 0 atom stereocenters. The molecule has 1 aromatic carbocycles. The highest BCUT2D eigenvalue weighted by Crippen LogP contribution is 2.27. The molecule has 1 saturated heterocycles. The van der Waals surface area contributed by atoms with Gasteiger partial charge in [0.05, 0.1) is 11.4 Å². The van der Waals surface area contributed by atoms with Gasteiger partial charge in [-0.05, 0) is 31.5 Å². The summed E-state index contributed by atoms with van der Waals surface area (Å²) in [6.07, 6.45) is 0. The van der Waals surface area contributed by atoms with E-state index >= 15 is 0 Å². The first-order chi connectivity index (χ1) is 13.1. The van der Waals surface area contributed by atoms with Gasteiger partial charge >= 0.3 is 6.55 Å². The molecule has 0 saturated carbocycles. The molecule has 2 aromatic rings. The van der Waals surface area contributed by atoms with E-state index in [2.05, 4.69) is 5.10 Å². The zero-order valence-electron chi connectivity index (χ0n) is 15.4. The highest BCUT2D eigenvalue weighted by Gasteiger charge is 2.34. The summed E-state index contributed by atoms with van der Waals surface area (Å²) in [7, 11) is -3.93. The summed E-state index contributed by atoms with van der Waals surface area (Å²) >= 11 is 6.05. The maximum Gasteiger partial charge on any atom is 0.333 e. The molecular formula is C17H20ClF3N4O2S. The second kappa shape index (κ2) is 8.02. The first-order valence-corrected chi connectivity index (χ1v) is 10.4. The van der Waals surface area contributed by atoms with Gasteiger partial charge in [-0.15, -0.1) is 0 Å². The van der Waals surface area contributed by atoms with Crippen molar-refractivity contribution in [2.45, 2.75) is 31.8 Å². The van der Waals surface area contributed by atoms with Gasteiger partial charge in [0.15, 0.2) is 0 Å². The Hall–Kier alpha value is -1.62. The number of aromatic nitrogens is 2. The van der Waals surface area contributed by atoms with Crippen LogP contribution in [0.15, 0.2) is 23.1 Å². The Morgan fingerprint density at radius 2 is 1.82 bits per heavy atom. The number of alkyl halides is 2. The number of rotatable bonds is 5. The summed E-state index contributed by atoms with van der Waals surface area (Å²) in [5.41, 5.74) is 0.732. The number of hydrogen-bond acceptors (Lipinski definition) is 4. The minimum Gasteiger partial charge on any atom is -0.296 e. The molecule has 0 bridgehead atoms. The molecule has 6 nitrogen and oxygen atoms in total. The van der Waals surface area contributed by atoms with Crippen LogP contribution in [0.5, 0.6) is 0 Å². The lowest BCUT2D eigenvalue weighted by atomic mass is 10.2. The Morgan fingerprint density at radius 1 is 1.18 bits per heavy atom. The quantitative estimate of drug-likeness (QED) is 0.722. The molecule has 28 heavy (non-hydrogen) atoms. The van der Waals surface area contributed by atoms with Gasteiger partial charge in [0, 0.05) is 37.7 Å². The van der Waals surface area contributed by atoms with E-state index < -0.39 is 22.4 Å². The van der Waals surface area contributed by atoms with E-state index in [1.807, 2.05) is 4.90 Å². The normalized spacial score (nSPS) is 16.8. The smallest absolute Gasteiger partial charge is 0.296 e. The largest absolute Gasteiger partial charge is 0.333 e. The average Bonchev–Trinajstić information content (AvgIpc) is 2.93. The van der Waals surface area contributed by atoms with Crippen LogP contribution in [0.2, 0.25) is 5.02 Å². The van der Waals surface area contributed by atoms with E-state index in [1.54, 1.807) is 6.07 Å². The molecule has 1 aliphatic rings. The molecule has 0 spiro atoms. The maximum absolute atomic E-state index is 13.2. The van der Waals surface area contributed by atoms with Gasteiger partial charge in [0.25, 0.3) is 0 Å². The second-order valence-electron chi connectivity index (χ2n) is 6.64. The lowest BCUT2D eigenvalue weighted by Crippen LogP contribution is -2.48. The van der Waals surface area contributed by atoms with E-state index in [-0.39, 0.29) is 29.4 Å². The number of aryl methyl sites for hydroxylation is 1. The fourth-order valence-corrected chi connectivity index (χ4v) is 5.37. The highest BCUT2D eigenvalue weighted by atomic mass is 35.5. The fraction of sp³-hybridized carbons (Fsp3) is 0.471. The Bertz CT molecular complexity index is 973. The third kappa shape index (κ3) is 4.05. The second-order valence-corrected chi connectivity index (χ2v) is 8.92. The van der Waals surface area contributed by atoms with Crippen LogP contribution in [0, 0.1) is 19.7 Å².